The van der Waals surface area contributed by atoms with Crippen molar-refractivity contribution in [1.82, 2.24) is 25.1 Å². The van der Waals surface area contributed by atoms with Crippen molar-refractivity contribution in [3.63, 3.8) is 0 Å². The molecule has 122 valence electrons. The minimum atomic E-state index is -0.721. The SMILES string of the molecule is CCOC(=O)c1nc(-c2nc(N)nc(Nc3ccccc3)n2)no1. The maximum atomic E-state index is 11.6. The zero-order chi connectivity index (χ0) is 16.9. The number of aromatic nitrogens is 5. The van der Waals surface area contributed by atoms with Crippen LogP contribution in [0.3, 0.4) is 0 Å². The molecule has 0 bridgehead atoms. The number of benzene rings is 1. The van der Waals surface area contributed by atoms with Gasteiger partial charge in [0, 0.05) is 5.69 Å². The van der Waals surface area contributed by atoms with Crippen molar-refractivity contribution >= 4 is 23.6 Å². The number of carbonyl (C=O) groups is 1. The van der Waals surface area contributed by atoms with Crippen molar-refractivity contribution in [2.45, 2.75) is 6.92 Å². The summed E-state index contributed by atoms with van der Waals surface area (Å²) in [5, 5.41) is 6.64. The monoisotopic (exact) mass is 327 g/mol. The maximum absolute atomic E-state index is 11.6. The summed E-state index contributed by atoms with van der Waals surface area (Å²) in [6.45, 7) is 1.86. The standard InChI is InChI=1S/C14H13N7O3/c1-2-23-12(22)11-17-10(21-24-11)9-18-13(15)20-14(19-9)16-8-6-4-3-5-7-8/h3-7H,2H2,1H3,(H3,15,16,18,19,20). The third-order valence-electron chi connectivity index (χ3n) is 2.76. The summed E-state index contributed by atoms with van der Waals surface area (Å²) in [5.74, 6) is -0.750. The minimum Gasteiger partial charge on any atom is -0.459 e. The fraction of sp³-hybridized carbons (Fsp3) is 0.143. The molecule has 1 aromatic carbocycles. The lowest BCUT2D eigenvalue weighted by Gasteiger charge is -2.05. The molecule has 24 heavy (non-hydrogen) atoms. The highest BCUT2D eigenvalue weighted by molar-refractivity contribution is 5.84. The molecular weight excluding hydrogens is 314 g/mol. The molecule has 2 heterocycles. The highest BCUT2D eigenvalue weighted by Crippen LogP contribution is 2.17. The molecule has 0 aliphatic heterocycles. The first kappa shape index (κ1) is 15.3. The van der Waals surface area contributed by atoms with Crippen molar-refractivity contribution in [3.05, 3.63) is 36.2 Å². The number of anilines is 3. The van der Waals surface area contributed by atoms with Crippen LogP contribution in [-0.4, -0.2) is 37.7 Å². The zero-order valence-corrected chi connectivity index (χ0v) is 12.6. The van der Waals surface area contributed by atoms with Gasteiger partial charge in [0.2, 0.25) is 23.5 Å². The second kappa shape index (κ2) is 6.69. The number of nitrogen functional groups attached to an aromatic ring is 1. The van der Waals surface area contributed by atoms with E-state index in [4.69, 9.17) is 15.0 Å². The highest BCUT2D eigenvalue weighted by atomic mass is 16.6. The fourth-order valence-electron chi connectivity index (χ4n) is 1.79. The lowest BCUT2D eigenvalue weighted by molar-refractivity contribution is 0.0470. The molecule has 0 aliphatic rings. The summed E-state index contributed by atoms with van der Waals surface area (Å²) < 4.78 is 9.61. The Kier molecular flexibility index (Phi) is 4.27. The Hall–Kier alpha value is -3.56. The number of hydrogen-bond acceptors (Lipinski definition) is 10. The summed E-state index contributed by atoms with van der Waals surface area (Å²) in [4.78, 5) is 27.6. The van der Waals surface area contributed by atoms with Crippen LogP contribution in [0.15, 0.2) is 34.9 Å². The van der Waals surface area contributed by atoms with E-state index in [9.17, 15) is 4.79 Å². The number of carbonyl (C=O) groups excluding carboxylic acids is 1. The molecule has 2 aromatic heterocycles. The van der Waals surface area contributed by atoms with Gasteiger partial charge < -0.3 is 20.3 Å². The van der Waals surface area contributed by atoms with Crippen molar-refractivity contribution in [1.29, 1.82) is 0 Å². The van der Waals surface area contributed by atoms with Crippen LogP contribution in [0, 0.1) is 0 Å². The molecule has 0 atom stereocenters. The van der Waals surface area contributed by atoms with E-state index in [1.807, 2.05) is 30.3 Å². The molecule has 3 N–H and O–H groups in total. The molecule has 0 spiro atoms. The van der Waals surface area contributed by atoms with Crippen LogP contribution < -0.4 is 11.1 Å². The van der Waals surface area contributed by atoms with E-state index in [0.717, 1.165) is 5.69 Å². The summed E-state index contributed by atoms with van der Waals surface area (Å²) in [5.41, 5.74) is 6.46. The Bertz CT molecular complexity index is 851. The van der Waals surface area contributed by atoms with Gasteiger partial charge in [-0.2, -0.15) is 19.9 Å². The Morgan fingerprint density at radius 3 is 2.71 bits per heavy atom. The Morgan fingerprint density at radius 1 is 1.17 bits per heavy atom. The molecule has 0 fully saturated rings. The first-order valence-corrected chi connectivity index (χ1v) is 7.00. The van der Waals surface area contributed by atoms with E-state index in [1.165, 1.54) is 0 Å². The van der Waals surface area contributed by atoms with Crippen molar-refractivity contribution in [2.24, 2.45) is 0 Å². The smallest absolute Gasteiger partial charge is 0.397 e. The van der Waals surface area contributed by atoms with Crippen molar-refractivity contribution < 1.29 is 14.1 Å². The molecule has 3 rings (SSSR count). The summed E-state index contributed by atoms with van der Waals surface area (Å²) in [6, 6.07) is 9.28. The Labute approximate surface area is 136 Å². The second-order valence-electron chi connectivity index (χ2n) is 4.48. The van der Waals surface area contributed by atoms with Crippen LogP contribution in [0.5, 0.6) is 0 Å². The average Bonchev–Trinajstić information content (AvgIpc) is 3.06. The summed E-state index contributed by atoms with van der Waals surface area (Å²) >= 11 is 0. The number of hydrogen-bond donors (Lipinski definition) is 2. The van der Waals surface area contributed by atoms with Crippen LogP contribution >= 0.6 is 0 Å². The van der Waals surface area contributed by atoms with Gasteiger partial charge in [-0.1, -0.05) is 23.4 Å². The van der Waals surface area contributed by atoms with E-state index in [2.05, 4.69) is 30.4 Å². The van der Waals surface area contributed by atoms with E-state index in [1.54, 1.807) is 6.92 Å². The number of nitrogens with two attached hydrogens (primary N) is 1. The van der Waals surface area contributed by atoms with Crippen LogP contribution in [0.25, 0.3) is 11.6 Å². The lowest BCUT2D eigenvalue weighted by Crippen LogP contribution is -2.06. The second-order valence-corrected chi connectivity index (χ2v) is 4.48. The van der Waals surface area contributed by atoms with Crippen molar-refractivity contribution in [3.8, 4) is 11.6 Å². The minimum absolute atomic E-state index is 0.00302. The molecular formula is C14H13N7O3. The Morgan fingerprint density at radius 2 is 1.96 bits per heavy atom. The molecule has 0 saturated carbocycles. The molecule has 0 radical (unpaired) electrons. The van der Waals surface area contributed by atoms with Crippen LogP contribution in [-0.2, 0) is 4.74 Å². The molecule has 0 aliphatic carbocycles. The normalized spacial score (nSPS) is 10.4. The van der Waals surface area contributed by atoms with E-state index >= 15 is 0 Å². The summed E-state index contributed by atoms with van der Waals surface area (Å²) in [7, 11) is 0. The number of nitrogens with zero attached hydrogens (tertiary/aromatic N) is 5. The Balaban J connectivity index is 1.87. The first-order valence-electron chi connectivity index (χ1n) is 7.00. The van der Waals surface area contributed by atoms with Crippen LogP contribution in [0.4, 0.5) is 17.6 Å². The predicted octanol–water partition coefficient (Wildman–Crippen LogP) is 1.42. The van der Waals surface area contributed by atoms with Crippen LogP contribution in [0.2, 0.25) is 0 Å². The molecule has 0 amide bonds. The fourth-order valence-corrected chi connectivity index (χ4v) is 1.79. The quantitative estimate of drug-likeness (QED) is 0.660. The number of rotatable bonds is 5. The largest absolute Gasteiger partial charge is 0.459 e. The van der Waals surface area contributed by atoms with Crippen LogP contribution in [0.1, 0.15) is 17.6 Å². The number of ether oxygens (including phenoxy) is 1. The molecule has 3 aromatic rings. The lowest BCUT2D eigenvalue weighted by atomic mass is 10.3. The molecule has 0 saturated heterocycles. The van der Waals surface area contributed by atoms with Gasteiger partial charge in [-0.15, -0.1) is 0 Å². The maximum Gasteiger partial charge on any atom is 0.397 e. The third-order valence-corrected chi connectivity index (χ3v) is 2.76. The number of para-hydroxylation sites is 1. The van der Waals surface area contributed by atoms with E-state index < -0.39 is 5.97 Å². The third kappa shape index (κ3) is 3.43. The van der Waals surface area contributed by atoms with Gasteiger partial charge in [0.15, 0.2) is 0 Å². The molecule has 10 heteroatoms. The molecule has 10 nitrogen and oxygen atoms in total. The average molecular weight is 327 g/mol. The van der Waals surface area contributed by atoms with E-state index in [-0.39, 0.29) is 36.0 Å². The summed E-state index contributed by atoms with van der Waals surface area (Å²) in [6.07, 6.45) is 0. The topological polar surface area (TPSA) is 142 Å². The van der Waals surface area contributed by atoms with Gasteiger partial charge in [-0.25, -0.2) is 4.79 Å². The van der Waals surface area contributed by atoms with Gasteiger partial charge >= 0.3 is 11.9 Å². The zero-order valence-electron chi connectivity index (χ0n) is 12.6. The van der Waals surface area contributed by atoms with Gasteiger partial charge in [-0.3, -0.25) is 0 Å². The van der Waals surface area contributed by atoms with Gasteiger partial charge in [0.1, 0.15) is 0 Å². The first-order chi connectivity index (χ1) is 11.7. The number of esters is 1. The van der Waals surface area contributed by atoms with Gasteiger partial charge in [-0.05, 0) is 19.1 Å². The predicted molar refractivity (Wildman–Crippen MR) is 83.2 cm³/mol. The number of nitrogens with one attached hydrogen (secondary N) is 1. The molecule has 0 unspecified atom stereocenters. The van der Waals surface area contributed by atoms with E-state index in [0.29, 0.717) is 0 Å². The van der Waals surface area contributed by atoms with Crippen molar-refractivity contribution in [2.75, 3.05) is 17.7 Å². The highest BCUT2D eigenvalue weighted by Gasteiger charge is 2.19. The van der Waals surface area contributed by atoms with Gasteiger partial charge in [0.05, 0.1) is 6.61 Å². The van der Waals surface area contributed by atoms with Gasteiger partial charge in [0.25, 0.3) is 0 Å².